The molecule has 0 saturated carbocycles. The highest BCUT2D eigenvalue weighted by Crippen LogP contribution is 2.27. The number of nitrogens with zero attached hydrogens (tertiary/aromatic N) is 2. The van der Waals surface area contributed by atoms with Gasteiger partial charge < -0.3 is 9.47 Å². The Hall–Kier alpha value is -4.82. The van der Waals surface area contributed by atoms with Crippen LogP contribution in [0.3, 0.4) is 0 Å². The molecule has 2 aromatic heterocycles. The van der Waals surface area contributed by atoms with E-state index >= 15 is 0 Å². The molecule has 0 saturated heterocycles. The van der Waals surface area contributed by atoms with Crippen LogP contribution in [-0.4, -0.2) is 30.2 Å². The molecule has 0 radical (unpaired) electrons. The lowest BCUT2D eigenvalue weighted by atomic mass is 10.1. The van der Waals surface area contributed by atoms with E-state index in [1.807, 2.05) is 78.2 Å². The number of hydrogen-bond acceptors (Lipinski definition) is 7. The van der Waals surface area contributed by atoms with E-state index < -0.39 is 0 Å². The van der Waals surface area contributed by atoms with Crippen molar-refractivity contribution in [2.75, 3.05) is 7.11 Å². The number of aromatic nitrogens is 1. The summed E-state index contributed by atoms with van der Waals surface area (Å²) in [6.45, 7) is 0.359. The molecule has 5 aromatic rings. The molecule has 3 aromatic carbocycles. The Balaban J connectivity index is 1.21. The summed E-state index contributed by atoms with van der Waals surface area (Å²) >= 11 is 1.57. The van der Waals surface area contributed by atoms with Crippen molar-refractivity contribution >= 4 is 40.3 Å². The maximum Gasteiger partial charge on any atom is 0.337 e. The molecule has 0 aliphatic rings. The normalized spacial score (nSPS) is 11.0. The number of pyridine rings is 1. The number of benzene rings is 3. The fourth-order valence-corrected chi connectivity index (χ4v) is 4.50. The Labute approximate surface area is 223 Å². The van der Waals surface area contributed by atoms with Crippen LogP contribution in [0, 0.1) is 0 Å². The first-order valence-corrected chi connectivity index (χ1v) is 12.7. The van der Waals surface area contributed by atoms with E-state index in [9.17, 15) is 9.59 Å². The average Bonchev–Trinajstić information content (AvgIpc) is 3.51. The smallest absolute Gasteiger partial charge is 0.337 e. The third kappa shape index (κ3) is 5.77. The predicted octanol–water partition coefficient (Wildman–Crippen LogP) is 6.09. The highest BCUT2D eigenvalue weighted by molar-refractivity contribution is 7.13. The van der Waals surface area contributed by atoms with E-state index in [1.165, 1.54) is 7.11 Å². The van der Waals surface area contributed by atoms with Crippen LogP contribution >= 0.6 is 11.3 Å². The molecule has 2 heterocycles. The summed E-state index contributed by atoms with van der Waals surface area (Å²) in [5.74, 6) is 0.00610. The molecule has 5 rings (SSSR count). The Morgan fingerprint density at radius 3 is 2.50 bits per heavy atom. The van der Waals surface area contributed by atoms with Crippen molar-refractivity contribution in [2.24, 2.45) is 5.10 Å². The van der Waals surface area contributed by atoms with E-state index in [2.05, 4.69) is 10.5 Å². The summed E-state index contributed by atoms with van der Waals surface area (Å²) in [5, 5.41) is 6.90. The lowest BCUT2D eigenvalue weighted by Crippen LogP contribution is -2.18. The minimum atomic E-state index is -0.372. The third-order valence-electron chi connectivity index (χ3n) is 5.77. The van der Waals surface area contributed by atoms with Crippen molar-refractivity contribution in [1.82, 2.24) is 10.4 Å². The molecule has 0 aliphatic heterocycles. The summed E-state index contributed by atoms with van der Waals surface area (Å²) in [6.07, 6.45) is 1.58. The lowest BCUT2D eigenvalue weighted by molar-refractivity contribution is 0.0600. The van der Waals surface area contributed by atoms with Crippen LogP contribution in [0.1, 0.15) is 31.8 Å². The molecule has 1 amide bonds. The molecular formula is C30H23N3O4S. The second-order valence-electron chi connectivity index (χ2n) is 8.29. The molecule has 0 unspecified atom stereocenters. The number of ether oxygens (including phenoxy) is 2. The first-order valence-electron chi connectivity index (χ1n) is 11.8. The van der Waals surface area contributed by atoms with Gasteiger partial charge in [0.05, 0.1) is 40.5 Å². The van der Waals surface area contributed by atoms with Crippen molar-refractivity contribution in [3.8, 4) is 16.3 Å². The van der Waals surface area contributed by atoms with Gasteiger partial charge in [0.25, 0.3) is 5.91 Å². The molecule has 1 N–H and O–H groups in total. The Morgan fingerprint density at radius 2 is 1.76 bits per heavy atom. The molecule has 0 spiro atoms. The number of hydrazone groups is 1. The van der Waals surface area contributed by atoms with Gasteiger partial charge >= 0.3 is 5.97 Å². The SMILES string of the molecule is COC(=O)c1ccc(COc2ccc(C=NNC(=O)c3cc(-c4cccs4)nc4ccccc34)cc2)cc1. The number of carbonyl (C=O) groups is 2. The van der Waals surface area contributed by atoms with Gasteiger partial charge in [-0.1, -0.05) is 36.4 Å². The summed E-state index contributed by atoms with van der Waals surface area (Å²) in [6, 6.07) is 27.7. The van der Waals surface area contributed by atoms with Crippen molar-refractivity contribution in [3.05, 3.63) is 119 Å². The zero-order chi connectivity index (χ0) is 26.3. The minimum Gasteiger partial charge on any atom is -0.489 e. The van der Waals surface area contributed by atoms with Gasteiger partial charge in [-0.15, -0.1) is 11.3 Å². The number of esters is 1. The van der Waals surface area contributed by atoms with E-state index in [-0.39, 0.29) is 11.9 Å². The zero-order valence-electron chi connectivity index (χ0n) is 20.5. The van der Waals surface area contributed by atoms with Crippen molar-refractivity contribution in [2.45, 2.75) is 6.61 Å². The number of hydrogen-bond donors (Lipinski definition) is 1. The van der Waals surface area contributed by atoms with Gasteiger partial charge in [-0.05, 0) is 71.1 Å². The first-order chi connectivity index (χ1) is 18.6. The number of nitrogens with one attached hydrogen (secondary N) is 1. The predicted molar refractivity (Wildman–Crippen MR) is 149 cm³/mol. The molecule has 38 heavy (non-hydrogen) atoms. The zero-order valence-corrected chi connectivity index (χ0v) is 21.3. The monoisotopic (exact) mass is 521 g/mol. The van der Waals surface area contributed by atoms with E-state index in [4.69, 9.17) is 14.5 Å². The number of thiophene rings is 1. The van der Waals surface area contributed by atoms with Gasteiger partial charge in [0.1, 0.15) is 12.4 Å². The van der Waals surface area contributed by atoms with Crippen molar-refractivity contribution in [3.63, 3.8) is 0 Å². The van der Waals surface area contributed by atoms with Crippen LogP contribution in [-0.2, 0) is 11.3 Å². The Kier molecular flexibility index (Phi) is 7.52. The van der Waals surface area contributed by atoms with E-state index in [0.29, 0.717) is 23.5 Å². The Bertz CT molecular complexity index is 1600. The number of rotatable bonds is 8. The summed E-state index contributed by atoms with van der Waals surface area (Å²) in [5.41, 5.74) is 6.88. The minimum absolute atomic E-state index is 0.309. The molecule has 0 atom stereocenters. The molecule has 0 bridgehead atoms. The van der Waals surface area contributed by atoms with Gasteiger partial charge in [-0.25, -0.2) is 15.2 Å². The fraction of sp³-hybridized carbons (Fsp3) is 0.0667. The summed E-state index contributed by atoms with van der Waals surface area (Å²) in [4.78, 5) is 30.3. The van der Waals surface area contributed by atoms with Gasteiger partial charge in [0.15, 0.2) is 0 Å². The summed E-state index contributed by atoms with van der Waals surface area (Å²) in [7, 11) is 1.35. The highest BCUT2D eigenvalue weighted by Gasteiger charge is 2.14. The maximum absolute atomic E-state index is 13.0. The van der Waals surface area contributed by atoms with Gasteiger partial charge in [-0.2, -0.15) is 5.10 Å². The van der Waals surface area contributed by atoms with Gasteiger partial charge in [-0.3, -0.25) is 4.79 Å². The van der Waals surface area contributed by atoms with Gasteiger partial charge in [0, 0.05) is 5.39 Å². The number of fused-ring (bicyclic) bond motifs is 1. The molecule has 188 valence electrons. The number of methoxy groups -OCH3 is 1. The van der Waals surface area contributed by atoms with Crippen molar-refractivity contribution in [1.29, 1.82) is 0 Å². The number of amides is 1. The maximum atomic E-state index is 13.0. The van der Waals surface area contributed by atoms with E-state index in [0.717, 1.165) is 32.6 Å². The van der Waals surface area contributed by atoms with Crippen LogP contribution in [0.15, 0.2) is 101 Å². The second kappa shape index (κ2) is 11.5. The summed E-state index contributed by atoms with van der Waals surface area (Å²) < 4.78 is 10.5. The highest BCUT2D eigenvalue weighted by atomic mass is 32.1. The number of carbonyl (C=O) groups excluding carboxylic acids is 2. The topological polar surface area (TPSA) is 89.9 Å². The van der Waals surface area contributed by atoms with Gasteiger partial charge in [0.2, 0.25) is 0 Å². The second-order valence-corrected chi connectivity index (χ2v) is 9.24. The van der Waals surface area contributed by atoms with Crippen molar-refractivity contribution < 1.29 is 19.1 Å². The first kappa shape index (κ1) is 24.9. The molecule has 7 nitrogen and oxygen atoms in total. The third-order valence-corrected chi connectivity index (χ3v) is 6.67. The molecule has 0 fully saturated rings. The average molecular weight is 522 g/mol. The van der Waals surface area contributed by atoms with Crippen LogP contribution in [0.5, 0.6) is 5.75 Å². The standard InChI is InChI=1S/C30H23N3O4S/c1-36-30(35)22-12-8-21(9-13-22)19-37-23-14-10-20(11-15-23)18-31-33-29(34)25-17-27(28-7-4-16-38-28)32-26-6-3-2-5-24(25)26/h2-18H,19H2,1H3,(H,33,34). The molecular weight excluding hydrogens is 498 g/mol. The molecule has 0 aliphatic carbocycles. The lowest BCUT2D eigenvalue weighted by Gasteiger charge is -2.08. The largest absolute Gasteiger partial charge is 0.489 e. The Morgan fingerprint density at radius 1 is 0.974 bits per heavy atom. The van der Waals surface area contributed by atoms with Crippen LogP contribution in [0.25, 0.3) is 21.5 Å². The van der Waals surface area contributed by atoms with Crippen LogP contribution < -0.4 is 10.2 Å². The number of para-hydroxylation sites is 1. The van der Waals surface area contributed by atoms with Crippen LogP contribution in [0.2, 0.25) is 0 Å². The quantitative estimate of drug-likeness (QED) is 0.152. The molecule has 8 heteroatoms. The fourth-order valence-electron chi connectivity index (χ4n) is 3.81. The van der Waals surface area contributed by atoms with E-state index in [1.54, 1.807) is 35.8 Å². The van der Waals surface area contributed by atoms with Crippen LogP contribution in [0.4, 0.5) is 0 Å².